The molecule has 0 aliphatic carbocycles. The number of hydrogen-bond acceptors (Lipinski definition) is 1. The summed E-state index contributed by atoms with van der Waals surface area (Å²) in [5.74, 6) is -0.543. The van der Waals surface area contributed by atoms with Crippen LogP contribution in [0.25, 0.3) is 0 Å². The Bertz CT molecular complexity index is 307. The third-order valence-electron chi connectivity index (χ3n) is 1.12. The van der Waals surface area contributed by atoms with Gasteiger partial charge in [0.05, 0.1) is 15.6 Å². The van der Waals surface area contributed by atoms with Gasteiger partial charge in [0.25, 0.3) is 0 Å². The zero-order valence-corrected chi connectivity index (χ0v) is 6.75. The van der Waals surface area contributed by atoms with Crippen molar-refractivity contribution >= 4 is 23.2 Å². The molecule has 0 aliphatic heterocycles. The van der Waals surface area contributed by atoms with E-state index in [9.17, 15) is 4.39 Å². The molecule has 1 aromatic rings. The lowest BCUT2D eigenvalue weighted by Gasteiger charge is -1.96. The van der Waals surface area contributed by atoms with E-state index >= 15 is 0 Å². The first-order chi connectivity index (χ1) is 5.15. The second-order valence-corrected chi connectivity index (χ2v) is 2.67. The van der Waals surface area contributed by atoms with Crippen LogP contribution in [-0.2, 0) is 0 Å². The first-order valence-electron chi connectivity index (χ1n) is 2.70. The molecule has 0 spiro atoms. The van der Waals surface area contributed by atoms with Gasteiger partial charge >= 0.3 is 0 Å². The highest BCUT2D eigenvalue weighted by Gasteiger charge is 2.06. The minimum atomic E-state index is -0.543. The van der Waals surface area contributed by atoms with Crippen LogP contribution in [0.5, 0.6) is 0 Å². The number of halogens is 3. The Morgan fingerprint density at radius 1 is 1.27 bits per heavy atom. The number of nitriles is 1. The van der Waals surface area contributed by atoms with Crippen molar-refractivity contribution in [2.24, 2.45) is 0 Å². The Hall–Kier alpha value is -0.780. The predicted molar refractivity (Wildman–Crippen MR) is 41.1 cm³/mol. The van der Waals surface area contributed by atoms with Gasteiger partial charge in [-0.05, 0) is 12.1 Å². The average molecular weight is 190 g/mol. The Balaban J connectivity index is 3.40. The van der Waals surface area contributed by atoms with E-state index in [1.54, 1.807) is 6.07 Å². The normalized spacial score (nSPS) is 9.27. The largest absolute Gasteiger partial charge is 0.207 e. The fourth-order valence-corrected chi connectivity index (χ4v) is 1.19. The highest BCUT2D eigenvalue weighted by molar-refractivity contribution is 6.36. The highest BCUT2D eigenvalue weighted by Crippen LogP contribution is 2.24. The molecule has 0 N–H and O–H groups in total. The number of nitrogens with zero attached hydrogens (tertiary/aromatic N) is 1. The molecule has 1 aromatic carbocycles. The summed E-state index contributed by atoms with van der Waals surface area (Å²) in [5.41, 5.74) is 0.106. The first kappa shape index (κ1) is 8.32. The molecule has 0 heterocycles. The second kappa shape index (κ2) is 3.08. The molecule has 0 bridgehead atoms. The van der Waals surface area contributed by atoms with E-state index in [4.69, 9.17) is 28.5 Å². The van der Waals surface area contributed by atoms with E-state index in [1.165, 1.54) is 0 Å². The van der Waals surface area contributed by atoms with Gasteiger partial charge in [-0.25, -0.2) is 4.39 Å². The van der Waals surface area contributed by atoms with Gasteiger partial charge < -0.3 is 0 Å². The van der Waals surface area contributed by atoms with Crippen LogP contribution in [0.2, 0.25) is 10.0 Å². The molecule has 0 aromatic heterocycles. The molecule has 56 valence electrons. The molecule has 1 rings (SSSR count). The van der Waals surface area contributed by atoms with Crippen molar-refractivity contribution in [2.75, 3.05) is 0 Å². The summed E-state index contributed by atoms with van der Waals surface area (Å²) in [6.45, 7) is 0. The van der Waals surface area contributed by atoms with Crippen molar-refractivity contribution in [3.8, 4) is 6.07 Å². The van der Waals surface area contributed by atoms with Crippen molar-refractivity contribution in [1.29, 1.82) is 5.26 Å². The average Bonchev–Trinajstić information content (AvgIpc) is 1.85. The van der Waals surface area contributed by atoms with E-state index in [0.29, 0.717) is 0 Å². The van der Waals surface area contributed by atoms with Crippen LogP contribution >= 0.6 is 23.2 Å². The molecule has 0 radical (unpaired) electrons. The fraction of sp³-hybridized carbons (Fsp3) is 0. The van der Waals surface area contributed by atoms with E-state index in [2.05, 4.69) is 0 Å². The molecular weight excluding hydrogens is 188 g/mol. The standard InChI is InChI=1S/C7H2Cl2FN/c8-6-1-4(10)2-7(9)5(6)3-11/h1-2H. The Kier molecular flexibility index (Phi) is 2.33. The topological polar surface area (TPSA) is 23.8 Å². The van der Waals surface area contributed by atoms with Crippen LogP contribution < -0.4 is 0 Å². The van der Waals surface area contributed by atoms with Crippen LogP contribution in [0.4, 0.5) is 4.39 Å². The van der Waals surface area contributed by atoms with Gasteiger partial charge in [-0.2, -0.15) is 5.26 Å². The molecule has 0 fully saturated rings. The zero-order valence-electron chi connectivity index (χ0n) is 5.24. The van der Waals surface area contributed by atoms with Gasteiger partial charge in [-0.1, -0.05) is 23.2 Å². The fourth-order valence-electron chi connectivity index (χ4n) is 0.649. The van der Waals surface area contributed by atoms with E-state index in [0.717, 1.165) is 12.1 Å². The maximum Gasteiger partial charge on any atom is 0.126 e. The molecule has 1 nitrogen and oxygen atoms in total. The highest BCUT2D eigenvalue weighted by atomic mass is 35.5. The summed E-state index contributed by atoms with van der Waals surface area (Å²) in [4.78, 5) is 0. The van der Waals surface area contributed by atoms with Crippen molar-refractivity contribution in [3.05, 3.63) is 33.6 Å². The lowest BCUT2D eigenvalue weighted by molar-refractivity contribution is 0.628. The first-order valence-corrected chi connectivity index (χ1v) is 3.45. The minimum absolute atomic E-state index is 0.0394. The summed E-state index contributed by atoms with van der Waals surface area (Å²) in [6.07, 6.45) is 0. The van der Waals surface area contributed by atoms with E-state index in [1.807, 2.05) is 0 Å². The molecule has 0 saturated heterocycles. The minimum Gasteiger partial charge on any atom is -0.207 e. The summed E-state index contributed by atoms with van der Waals surface area (Å²) < 4.78 is 12.5. The maximum absolute atomic E-state index is 12.5. The van der Waals surface area contributed by atoms with Crippen molar-refractivity contribution in [3.63, 3.8) is 0 Å². The van der Waals surface area contributed by atoms with E-state index in [-0.39, 0.29) is 15.6 Å². The summed E-state index contributed by atoms with van der Waals surface area (Å²) in [7, 11) is 0. The Labute approximate surface area is 73.0 Å². The number of hydrogen-bond donors (Lipinski definition) is 0. The summed E-state index contributed by atoms with van der Waals surface area (Å²) in [6, 6.07) is 3.86. The Morgan fingerprint density at radius 2 is 1.73 bits per heavy atom. The second-order valence-electron chi connectivity index (χ2n) is 1.86. The number of rotatable bonds is 0. The van der Waals surface area contributed by atoms with Crippen LogP contribution in [0, 0.1) is 17.1 Å². The summed E-state index contributed by atoms with van der Waals surface area (Å²) >= 11 is 11.0. The van der Waals surface area contributed by atoms with E-state index < -0.39 is 5.82 Å². The van der Waals surface area contributed by atoms with Gasteiger partial charge in [-0.3, -0.25) is 0 Å². The molecule has 4 heteroatoms. The molecule has 0 unspecified atom stereocenters. The quantitative estimate of drug-likeness (QED) is 0.616. The molecule has 0 aliphatic rings. The molecule has 0 saturated carbocycles. The van der Waals surface area contributed by atoms with Gasteiger partial charge in [0.1, 0.15) is 11.9 Å². The van der Waals surface area contributed by atoms with Crippen LogP contribution in [0.1, 0.15) is 5.56 Å². The SMILES string of the molecule is N#Cc1c(Cl)cc(F)cc1Cl. The van der Waals surface area contributed by atoms with Crippen LogP contribution in [-0.4, -0.2) is 0 Å². The molecule has 0 atom stereocenters. The molecule has 11 heavy (non-hydrogen) atoms. The molecular formula is C7H2Cl2FN. The zero-order chi connectivity index (χ0) is 8.43. The number of benzene rings is 1. The van der Waals surface area contributed by atoms with Gasteiger partial charge in [0.2, 0.25) is 0 Å². The van der Waals surface area contributed by atoms with Gasteiger partial charge in [-0.15, -0.1) is 0 Å². The van der Waals surface area contributed by atoms with Gasteiger partial charge in [0.15, 0.2) is 0 Å². The lowest BCUT2D eigenvalue weighted by Crippen LogP contribution is -1.81. The summed E-state index contributed by atoms with van der Waals surface area (Å²) in [5, 5.41) is 8.53. The smallest absolute Gasteiger partial charge is 0.126 e. The molecule has 0 amide bonds. The lowest BCUT2D eigenvalue weighted by atomic mass is 10.2. The maximum atomic E-state index is 12.5. The Morgan fingerprint density at radius 3 is 2.09 bits per heavy atom. The van der Waals surface area contributed by atoms with Crippen molar-refractivity contribution in [2.45, 2.75) is 0 Å². The van der Waals surface area contributed by atoms with Crippen molar-refractivity contribution in [1.82, 2.24) is 0 Å². The van der Waals surface area contributed by atoms with Crippen molar-refractivity contribution < 1.29 is 4.39 Å². The predicted octanol–water partition coefficient (Wildman–Crippen LogP) is 3.00. The van der Waals surface area contributed by atoms with Gasteiger partial charge in [0, 0.05) is 0 Å². The van der Waals surface area contributed by atoms with Crippen LogP contribution in [0.3, 0.4) is 0 Å². The third-order valence-corrected chi connectivity index (χ3v) is 1.71. The third kappa shape index (κ3) is 1.62. The monoisotopic (exact) mass is 189 g/mol. The van der Waals surface area contributed by atoms with Crippen LogP contribution in [0.15, 0.2) is 12.1 Å².